The Morgan fingerprint density at radius 1 is 1.67 bits per heavy atom. The van der Waals surface area contributed by atoms with E-state index < -0.39 is 24.6 Å². The maximum absolute atomic E-state index is 12.3. The fourth-order valence-corrected chi connectivity index (χ4v) is 0.879. The molecule has 0 aromatic rings. The molecule has 0 aliphatic carbocycles. The Kier molecular flexibility index (Phi) is 1.44. The molecule has 0 saturated carbocycles. The van der Waals surface area contributed by atoms with Gasteiger partial charge in [0.25, 0.3) is 5.92 Å². The Balaban J connectivity index is 2.62. The molecule has 0 unspecified atom stereocenters. The largest absolute Gasteiger partial charge is 0.385 e. The number of alkyl halides is 2. The van der Waals surface area contributed by atoms with Crippen LogP contribution in [0.4, 0.5) is 8.78 Å². The number of hydrogen-bond donors (Lipinski definition) is 2. The smallest absolute Gasteiger partial charge is 0.287 e. The van der Waals surface area contributed by atoms with Gasteiger partial charge in [0.2, 0.25) is 0 Å². The van der Waals surface area contributed by atoms with Gasteiger partial charge < -0.3 is 10.4 Å². The van der Waals surface area contributed by atoms with Gasteiger partial charge >= 0.3 is 0 Å². The van der Waals surface area contributed by atoms with E-state index in [1.165, 1.54) is 6.92 Å². The molecule has 1 rings (SSSR count). The second-order valence-electron chi connectivity index (χ2n) is 2.38. The van der Waals surface area contributed by atoms with Crippen molar-refractivity contribution < 1.29 is 13.9 Å². The van der Waals surface area contributed by atoms with Gasteiger partial charge in [0.05, 0.1) is 6.54 Å². The van der Waals surface area contributed by atoms with E-state index in [9.17, 15) is 8.78 Å². The molecule has 1 aliphatic rings. The van der Waals surface area contributed by atoms with Crippen molar-refractivity contribution in [3.63, 3.8) is 0 Å². The van der Waals surface area contributed by atoms with Crippen LogP contribution in [0.2, 0.25) is 0 Å². The Bertz CT molecular complexity index is 118. The number of aliphatic hydroxyl groups is 1. The van der Waals surface area contributed by atoms with Crippen molar-refractivity contribution in [1.82, 2.24) is 5.32 Å². The molecule has 0 amide bonds. The van der Waals surface area contributed by atoms with Crippen molar-refractivity contribution in [1.29, 1.82) is 0 Å². The molecule has 9 heavy (non-hydrogen) atoms. The lowest BCUT2D eigenvalue weighted by Crippen LogP contribution is -2.34. The third-order valence-electron chi connectivity index (χ3n) is 1.57. The van der Waals surface area contributed by atoms with E-state index in [4.69, 9.17) is 5.11 Å². The lowest BCUT2D eigenvalue weighted by Gasteiger charge is -2.13. The van der Waals surface area contributed by atoms with Gasteiger partial charge in [-0.2, -0.15) is 0 Å². The van der Waals surface area contributed by atoms with E-state index in [0.717, 1.165) is 0 Å². The first kappa shape index (κ1) is 6.89. The molecule has 2 atom stereocenters. The molecule has 1 saturated heterocycles. The summed E-state index contributed by atoms with van der Waals surface area (Å²) >= 11 is 0. The van der Waals surface area contributed by atoms with Gasteiger partial charge in [0, 0.05) is 6.04 Å². The second-order valence-corrected chi connectivity index (χ2v) is 2.38. The van der Waals surface area contributed by atoms with Gasteiger partial charge in [-0.05, 0) is 6.92 Å². The standard InChI is InChI=1S/C5H9F2NO/c1-3-4(9)5(6,7)2-8-3/h3-4,8-9H,2H2,1H3/t3-,4+/m0/s1. The van der Waals surface area contributed by atoms with E-state index in [-0.39, 0.29) is 0 Å². The first-order chi connectivity index (χ1) is 4.04. The fraction of sp³-hybridized carbons (Fsp3) is 1.00. The minimum absolute atomic E-state index is 0.407. The van der Waals surface area contributed by atoms with Crippen LogP contribution in [-0.4, -0.2) is 29.7 Å². The third-order valence-corrected chi connectivity index (χ3v) is 1.57. The summed E-state index contributed by atoms with van der Waals surface area (Å²) in [7, 11) is 0. The summed E-state index contributed by atoms with van der Waals surface area (Å²) in [5, 5.41) is 11.2. The van der Waals surface area contributed by atoms with Gasteiger partial charge in [-0.3, -0.25) is 0 Å². The van der Waals surface area contributed by atoms with Crippen LogP contribution in [0.15, 0.2) is 0 Å². The molecule has 0 aromatic heterocycles. The Morgan fingerprint density at radius 2 is 2.22 bits per heavy atom. The highest BCUT2D eigenvalue weighted by molar-refractivity contribution is 4.93. The Morgan fingerprint density at radius 3 is 2.33 bits per heavy atom. The zero-order chi connectivity index (χ0) is 7.07. The van der Waals surface area contributed by atoms with Crippen LogP contribution in [0.5, 0.6) is 0 Å². The number of hydrogen-bond acceptors (Lipinski definition) is 2. The molecule has 1 heterocycles. The van der Waals surface area contributed by atoms with Crippen molar-refractivity contribution in [3.8, 4) is 0 Å². The number of aliphatic hydroxyl groups excluding tert-OH is 1. The predicted octanol–water partition coefficient (Wildman–Crippen LogP) is -0.0257. The number of rotatable bonds is 0. The molecule has 4 heteroatoms. The molecule has 0 bridgehead atoms. The number of halogens is 2. The zero-order valence-electron chi connectivity index (χ0n) is 5.06. The SMILES string of the molecule is C[C@@H]1NCC(F)(F)[C@@H]1O. The molecule has 54 valence electrons. The van der Waals surface area contributed by atoms with Crippen molar-refractivity contribution in [2.75, 3.05) is 6.54 Å². The average Bonchev–Trinajstić information content (AvgIpc) is 1.97. The summed E-state index contributed by atoms with van der Waals surface area (Å²) in [6.07, 6.45) is -1.52. The summed E-state index contributed by atoms with van der Waals surface area (Å²) in [4.78, 5) is 0. The Labute approximate surface area is 51.9 Å². The fourth-order valence-electron chi connectivity index (χ4n) is 0.879. The van der Waals surface area contributed by atoms with Crippen LogP contribution >= 0.6 is 0 Å². The molecular weight excluding hydrogens is 128 g/mol. The normalized spacial score (nSPS) is 41.3. The van der Waals surface area contributed by atoms with Crippen LogP contribution in [0, 0.1) is 0 Å². The number of nitrogens with one attached hydrogen (secondary N) is 1. The summed E-state index contributed by atoms with van der Waals surface area (Å²) in [6.45, 7) is 1.13. The quantitative estimate of drug-likeness (QED) is 0.491. The van der Waals surface area contributed by atoms with Crippen molar-refractivity contribution >= 4 is 0 Å². The van der Waals surface area contributed by atoms with Gasteiger partial charge in [-0.1, -0.05) is 0 Å². The molecule has 1 fully saturated rings. The van der Waals surface area contributed by atoms with E-state index in [1.807, 2.05) is 0 Å². The van der Waals surface area contributed by atoms with E-state index >= 15 is 0 Å². The maximum atomic E-state index is 12.3. The lowest BCUT2D eigenvalue weighted by atomic mass is 10.1. The minimum atomic E-state index is -2.93. The van der Waals surface area contributed by atoms with Crippen molar-refractivity contribution in [2.45, 2.75) is 25.0 Å². The molecule has 0 aromatic carbocycles. The zero-order valence-corrected chi connectivity index (χ0v) is 5.06. The van der Waals surface area contributed by atoms with Gasteiger partial charge in [-0.15, -0.1) is 0 Å². The molecule has 0 radical (unpaired) electrons. The molecule has 2 nitrogen and oxygen atoms in total. The van der Waals surface area contributed by atoms with Gasteiger partial charge in [0.1, 0.15) is 6.10 Å². The van der Waals surface area contributed by atoms with Crippen LogP contribution in [0.25, 0.3) is 0 Å². The first-order valence-corrected chi connectivity index (χ1v) is 2.83. The lowest BCUT2D eigenvalue weighted by molar-refractivity contribution is -0.0791. The predicted molar refractivity (Wildman–Crippen MR) is 28.4 cm³/mol. The van der Waals surface area contributed by atoms with E-state index in [1.54, 1.807) is 0 Å². The van der Waals surface area contributed by atoms with Gasteiger partial charge in [0.15, 0.2) is 0 Å². The second kappa shape index (κ2) is 1.88. The van der Waals surface area contributed by atoms with Crippen LogP contribution in [-0.2, 0) is 0 Å². The minimum Gasteiger partial charge on any atom is -0.385 e. The summed E-state index contributed by atoms with van der Waals surface area (Å²) in [5.74, 6) is -2.93. The highest BCUT2D eigenvalue weighted by Gasteiger charge is 2.47. The highest BCUT2D eigenvalue weighted by Crippen LogP contribution is 2.25. The highest BCUT2D eigenvalue weighted by atomic mass is 19.3. The molecule has 0 spiro atoms. The summed E-state index contributed by atoms with van der Waals surface area (Å²) < 4.78 is 24.6. The summed E-state index contributed by atoms with van der Waals surface area (Å²) in [6, 6.07) is -0.486. The maximum Gasteiger partial charge on any atom is 0.287 e. The van der Waals surface area contributed by atoms with Crippen molar-refractivity contribution in [2.24, 2.45) is 0 Å². The van der Waals surface area contributed by atoms with E-state index in [2.05, 4.69) is 5.32 Å². The Hall–Kier alpha value is -0.220. The van der Waals surface area contributed by atoms with Gasteiger partial charge in [-0.25, -0.2) is 8.78 Å². The third kappa shape index (κ3) is 1.04. The topological polar surface area (TPSA) is 32.3 Å². The molecular formula is C5H9F2NO. The van der Waals surface area contributed by atoms with Crippen LogP contribution < -0.4 is 5.32 Å². The molecule has 2 N–H and O–H groups in total. The first-order valence-electron chi connectivity index (χ1n) is 2.83. The van der Waals surface area contributed by atoms with Crippen LogP contribution in [0.1, 0.15) is 6.92 Å². The molecule has 1 aliphatic heterocycles. The van der Waals surface area contributed by atoms with E-state index in [0.29, 0.717) is 0 Å². The van der Waals surface area contributed by atoms with Crippen molar-refractivity contribution in [3.05, 3.63) is 0 Å². The average molecular weight is 137 g/mol. The monoisotopic (exact) mass is 137 g/mol. The van der Waals surface area contributed by atoms with Crippen LogP contribution in [0.3, 0.4) is 0 Å². The summed E-state index contributed by atoms with van der Waals surface area (Å²) in [5.41, 5.74) is 0.